The summed E-state index contributed by atoms with van der Waals surface area (Å²) >= 11 is 0. The smallest absolute Gasteiger partial charge is 0.170 e. The van der Waals surface area contributed by atoms with E-state index in [4.69, 9.17) is 4.74 Å². The number of nitrogens with one attached hydrogen (secondary N) is 1. The largest absolute Gasteiger partial charge is 0.494 e. The Morgan fingerprint density at radius 3 is 2.84 bits per heavy atom. The Morgan fingerprint density at radius 1 is 1.53 bits per heavy atom. The molecule has 1 heterocycles. The van der Waals surface area contributed by atoms with Crippen LogP contribution in [0.1, 0.15) is 36.5 Å². The van der Waals surface area contributed by atoms with Gasteiger partial charge in [0.05, 0.1) is 7.11 Å². The number of ether oxygens (including phenoxy) is 1. The lowest BCUT2D eigenvalue weighted by Crippen LogP contribution is -2.33. The maximum Gasteiger partial charge on any atom is 0.170 e. The van der Waals surface area contributed by atoms with E-state index in [1.807, 2.05) is 0 Å². The van der Waals surface area contributed by atoms with Gasteiger partial charge in [0.1, 0.15) is 0 Å². The maximum absolute atomic E-state index is 13.7. The van der Waals surface area contributed by atoms with Gasteiger partial charge in [0, 0.05) is 17.5 Å². The molecule has 1 saturated heterocycles. The highest BCUT2D eigenvalue weighted by atomic mass is 19.1. The number of benzene rings is 1. The van der Waals surface area contributed by atoms with Crippen molar-refractivity contribution in [1.29, 1.82) is 0 Å². The van der Waals surface area contributed by atoms with Crippen molar-refractivity contribution in [2.75, 3.05) is 20.2 Å². The summed E-state index contributed by atoms with van der Waals surface area (Å²) in [5.74, 6) is -0.266. The number of methoxy groups -OCH3 is 1. The molecule has 104 valence electrons. The van der Waals surface area contributed by atoms with E-state index in [2.05, 4.69) is 12.2 Å². The molecule has 1 unspecified atom stereocenters. The van der Waals surface area contributed by atoms with Gasteiger partial charge in [0.25, 0.3) is 0 Å². The summed E-state index contributed by atoms with van der Waals surface area (Å²) in [6.45, 7) is 3.61. The van der Waals surface area contributed by atoms with Crippen LogP contribution in [0, 0.1) is 11.2 Å². The molecular weight excluding hydrogens is 245 g/mol. The number of Topliss-reactive ketones (excluding diaryl/α,β-unsaturated/α-hetero) is 1. The summed E-state index contributed by atoms with van der Waals surface area (Å²) in [6.07, 6.45) is 2.62. The van der Waals surface area contributed by atoms with Gasteiger partial charge in [-0.05, 0) is 37.6 Å². The highest BCUT2D eigenvalue weighted by Crippen LogP contribution is 2.35. The van der Waals surface area contributed by atoms with Crippen LogP contribution in [0.3, 0.4) is 0 Å². The first kappa shape index (κ1) is 14.0. The molecule has 1 aliphatic rings. The highest BCUT2D eigenvalue weighted by Gasteiger charge is 2.40. The van der Waals surface area contributed by atoms with Gasteiger partial charge in [-0.2, -0.15) is 0 Å². The summed E-state index contributed by atoms with van der Waals surface area (Å²) in [4.78, 5) is 12.7. The summed E-state index contributed by atoms with van der Waals surface area (Å²) in [5.41, 5.74) is 0.0749. The molecule has 0 radical (unpaired) electrons. The SMILES string of the molecule is CCCC1(C(=O)c2ccc(OC)c(F)c2)CCNC1. The van der Waals surface area contributed by atoms with E-state index in [1.54, 1.807) is 6.07 Å². The zero-order chi connectivity index (χ0) is 13.9. The van der Waals surface area contributed by atoms with Crippen LogP contribution in [-0.4, -0.2) is 26.0 Å². The average molecular weight is 265 g/mol. The molecule has 1 aromatic rings. The molecule has 0 saturated carbocycles. The highest BCUT2D eigenvalue weighted by molar-refractivity contribution is 6.01. The molecule has 0 amide bonds. The number of ketones is 1. The van der Waals surface area contributed by atoms with Gasteiger partial charge in [-0.25, -0.2) is 4.39 Å². The van der Waals surface area contributed by atoms with Crippen LogP contribution in [0.5, 0.6) is 5.75 Å². The van der Waals surface area contributed by atoms with Crippen molar-refractivity contribution in [1.82, 2.24) is 5.32 Å². The predicted molar refractivity (Wildman–Crippen MR) is 72.1 cm³/mol. The number of rotatable bonds is 5. The van der Waals surface area contributed by atoms with Crippen molar-refractivity contribution in [3.05, 3.63) is 29.6 Å². The Balaban J connectivity index is 2.29. The Labute approximate surface area is 113 Å². The van der Waals surface area contributed by atoms with Gasteiger partial charge in [-0.15, -0.1) is 0 Å². The fourth-order valence-electron chi connectivity index (χ4n) is 2.86. The summed E-state index contributed by atoms with van der Waals surface area (Å²) in [6, 6.07) is 4.46. The monoisotopic (exact) mass is 265 g/mol. The van der Waals surface area contributed by atoms with Gasteiger partial charge in [0.15, 0.2) is 17.3 Å². The van der Waals surface area contributed by atoms with Crippen LogP contribution in [0.2, 0.25) is 0 Å². The minimum atomic E-state index is -0.481. The third-order valence-corrected chi connectivity index (χ3v) is 3.87. The molecule has 1 N–H and O–H groups in total. The van der Waals surface area contributed by atoms with Crippen molar-refractivity contribution in [3.8, 4) is 5.75 Å². The second-order valence-electron chi connectivity index (χ2n) is 5.14. The Kier molecular flexibility index (Phi) is 4.20. The molecule has 0 spiro atoms. The van der Waals surface area contributed by atoms with E-state index in [9.17, 15) is 9.18 Å². The van der Waals surface area contributed by atoms with Crippen LogP contribution < -0.4 is 10.1 Å². The molecule has 1 aromatic carbocycles. The molecular formula is C15H20FNO2. The maximum atomic E-state index is 13.7. The molecule has 1 atom stereocenters. The van der Waals surface area contributed by atoms with Crippen LogP contribution >= 0.6 is 0 Å². The molecule has 0 bridgehead atoms. The van der Waals surface area contributed by atoms with E-state index in [1.165, 1.54) is 19.2 Å². The third kappa shape index (κ3) is 2.63. The van der Waals surface area contributed by atoms with Gasteiger partial charge in [0.2, 0.25) is 0 Å². The van der Waals surface area contributed by atoms with E-state index >= 15 is 0 Å². The number of carbonyl (C=O) groups is 1. The second kappa shape index (κ2) is 5.70. The lowest BCUT2D eigenvalue weighted by Gasteiger charge is -2.26. The summed E-state index contributed by atoms with van der Waals surface area (Å²) in [7, 11) is 1.42. The molecule has 2 rings (SSSR count). The van der Waals surface area contributed by atoms with Crippen LogP contribution in [0.4, 0.5) is 4.39 Å². The van der Waals surface area contributed by atoms with Crippen molar-refractivity contribution >= 4 is 5.78 Å². The first-order chi connectivity index (χ1) is 9.13. The van der Waals surface area contributed by atoms with Crippen LogP contribution in [0.15, 0.2) is 18.2 Å². The normalized spacial score (nSPS) is 22.5. The Bertz CT molecular complexity index is 467. The van der Waals surface area contributed by atoms with Gasteiger partial charge in [-0.1, -0.05) is 13.3 Å². The first-order valence-corrected chi connectivity index (χ1v) is 6.72. The first-order valence-electron chi connectivity index (χ1n) is 6.72. The van der Waals surface area contributed by atoms with Crippen molar-refractivity contribution < 1.29 is 13.9 Å². The lowest BCUT2D eigenvalue weighted by atomic mass is 9.76. The Morgan fingerprint density at radius 2 is 2.32 bits per heavy atom. The molecule has 1 fully saturated rings. The van der Waals surface area contributed by atoms with E-state index < -0.39 is 5.82 Å². The van der Waals surface area contributed by atoms with Gasteiger partial charge in [-0.3, -0.25) is 4.79 Å². The number of hydrogen-bond acceptors (Lipinski definition) is 3. The van der Waals surface area contributed by atoms with Crippen LogP contribution in [-0.2, 0) is 0 Å². The van der Waals surface area contributed by atoms with Crippen molar-refractivity contribution in [2.45, 2.75) is 26.2 Å². The molecule has 3 nitrogen and oxygen atoms in total. The van der Waals surface area contributed by atoms with Crippen molar-refractivity contribution in [2.24, 2.45) is 5.41 Å². The topological polar surface area (TPSA) is 38.3 Å². The predicted octanol–water partition coefficient (Wildman–Crippen LogP) is 2.80. The minimum absolute atomic E-state index is 0.0425. The second-order valence-corrected chi connectivity index (χ2v) is 5.14. The van der Waals surface area contributed by atoms with E-state index in [-0.39, 0.29) is 16.9 Å². The fourth-order valence-corrected chi connectivity index (χ4v) is 2.86. The molecule has 0 aliphatic carbocycles. The van der Waals surface area contributed by atoms with Crippen molar-refractivity contribution in [3.63, 3.8) is 0 Å². The summed E-state index contributed by atoms with van der Waals surface area (Å²) in [5, 5.41) is 3.25. The number of carbonyl (C=O) groups excluding carboxylic acids is 1. The summed E-state index contributed by atoms with van der Waals surface area (Å²) < 4.78 is 18.6. The molecule has 1 aliphatic heterocycles. The van der Waals surface area contributed by atoms with E-state index in [0.717, 1.165) is 25.8 Å². The number of halogens is 1. The number of hydrogen-bond donors (Lipinski definition) is 1. The molecule has 0 aromatic heterocycles. The minimum Gasteiger partial charge on any atom is -0.494 e. The van der Waals surface area contributed by atoms with Gasteiger partial charge < -0.3 is 10.1 Å². The molecule has 4 heteroatoms. The zero-order valence-electron chi connectivity index (χ0n) is 11.5. The Hall–Kier alpha value is -1.42. The standard InChI is InChI=1S/C15H20FNO2/c1-3-6-15(7-8-17-10-15)14(18)11-4-5-13(19-2)12(16)9-11/h4-5,9,17H,3,6-8,10H2,1-2H3. The molecule has 19 heavy (non-hydrogen) atoms. The average Bonchev–Trinajstić information content (AvgIpc) is 2.88. The van der Waals surface area contributed by atoms with Gasteiger partial charge >= 0.3 is 0 Å². The third-order valence-electron chi connectivity index (χ3n) is 3.87. The fraction of sp³-hybridized carbons (Fsp3) is 0.533. The lowest BCUT2D eigenvalue weighted by molar-refractivity contribution is 0.0801. The zero-order valence-corrected chi connectivity index (χ0v) is 11.5. The quantitative estimate of drug-likeness (QED) is 0.832. The van der Waals surface area contributed by atoms with E-state index in [0.29, 0.717) is 12.1 Å². The van der Waals surface area contributed by atoms with Crippen LogP contribution in [0.25, 0.3) is 0 Å².